The average Bonchev–Trinajstić information content (AvgIpc) is 2.81. The topological polar surface area (TPSA) is 53.3 Å². The van der Waals surface area contributed by atoms with Crippen LogP contribution >= 0.6 is 0 Å². The van der Waals surface area contributed by atoms with Crippen LogP contribution in [0.25, 0.3) is 0 Å². The van der Waals surface area contributed by atoms with Gasteiger partial charge in [0.05, 0.1) is 12.0 Å². The highest BCUT2D eigenvalue weighted by Crippen LogP contribution is 2.28. The number of para-hydroxylation sites is 1. The quantitative estimate of drug-likeness (QED) is 0.811. The highest BCUT2D eigenvalue weighted by Gasteiger charge is 2.31. The van der Waals surface area contributed by atoms with Crippen LogP contribution in [0.5, 0.6) is 5.75 Å². The number of hydrogen-bond acceptors (Lipinski definition) is 3. The maximum atomic E-state index is 12.2. The lowest BCUT2D eigenvalue weighted by molar-refractivity contribution is -0.136. The van der Waals surface area contributed by atoms with E-state index in [1.54, 1.807) is 18.9 Å². The molecule has 1 heterocycles. The lowest BCUT2D eigenvalue weighted by Crippen LogP contribution is -2.40. The molecule has 0 radical (unpaired) electrons. The molecule has 4 nitrogen and oxygen atoms in total. The first-order chi connectivity index (χ1) is 8.61. The number of fused-ring (bicyclic) bond motifs is 1. The van der Waals surface area contributed by atoms with Gasteiger partial charge in [-0.25, -0.2) is 0 Å². The lowest BCUT2D eigenvalue weighted by Gasteiger charge is -2.21. The van der Waals surface area contributed by atoms with Gasteiger partial charge in [0.2, 0.25) is 0 Å². The van der Waals surface area contributed by atoms with Crippen molar-refractivity contribution in [2.45, 2.75) is 19.4 Å². The van der Waals surface area contributed by atoms with E-state index in [0.717, 1.165) is 11.3 Å². The molecule has 2 unspecified atom stereocenters. The molecule has 18 heavy (non-hydrogen) atoms. The Balaban J connectivity index is 1.99. The van der Waals surface area contributed by atoms with Gasteiger partial charge in [-0.2, -0.15) is 5.26 Å². The first-order valence-electron chi connectivity index (χ1n) is 6.01. The Morgan fingerprint density at radius 3 is 3.00 bits per heavy atom. The van der Waals surface area contributed by atoms with Crippen LogP contribution in [-0.2, 0) is 11.2 Å². The largest absolute Gasteiger partial charge is 0.480 e. The van der Waals surface area contributed by atoms with Crippen LogP contribution in [0.1, 0.15) is 12.5 Å². The maximum Gasteiger partial charge on any atom is 0.263 e. The molecule has 4 heteroatoms. The fraction of sp³-hybridized carbons (Fsp3) is 0.429. The van der Waals surface area contributed by atoms with Crippen molar-refractivity contribution in [2.24, 2.45) is 5.92 Å². The van der Waals surface area contributed by atoms with Crippen LogP contribution in [0.3, 0.4) is 0 Å². The molecule has 0 aliphatic carbocycles. The summed E-state index contributed by atoms with van der Waals surface area (Å²) >= 11 is 0. The number of nitrogens with zero attached hydrogens (tertiary/aromatic N) is 2. The van der Waals surface area contributed by atoms with Gasteiger partial charge in [0, 0.05) is 20.0 Å². The SMILES string of the molecule is CC(C#N)CN(C)C(=O)C1Cc2ccccc2O1. The summed E-state index contributed by atoms with van der Waals surface area (Å²) in [5, 5.41) is 8.75. The molecular weight excluding hydrogens is 228 g/mol. The molecule has 1 aliphatic heterocycles. The number of ether oxygens (including phenoxy) is 1. The average molecular weight is 244 g/mol. The Hall–Kier alpha value is -2.02. The second-order valence-corrected chi connectivity index (χ2v) is 4.67. The fourth-order valence-corrected chi connectivity index (χ4v) is 2.11. The van der Waals surface area contributed by atoms with Gasteiger partial charge in [-0.05, 0) is 18.6 Å². The molecule has 1 aliphatic rings. The third-order valence-corrected chi connectivity index (χ3v) is 3.07. The van der Waals surface area contributed by atoms with Crippen molar-refractivity contribution < 1.29 is 9.53 Å². The summed E-state index contributed by atoms with van der Waals surface area (Å²) in [5.41, 5.74) is 1.07. The fourth-order valence-electron chi connectivity index (χ4n) is 2.11. The van der Waals surface area contributed by atoms with Gasteiger partial charge in [-0.1, -0.05) is 18.2 Å². The Kier molecular flexibility index (Phi) is 3.52. The summed E-state index contributed by atoms with van der Waals surface area (Å²) in [4.78, 5) is 13.7. The second kappa shape index (κ2) is 5.09. The molecule has 1 amide bonds. The number of rotatable bonds is 3. The molecule has 94 valence electrons. The number of nitriles is 1. The van der Waals surface area contributed by atoms with E-state index in [-0.39, 0.29) is 11.8 Å². The van der Waals surface area contributed by atoms with Gasteiger partial charge in [0.15, 0.2) is 6.10 Å². The summed E-state index contributed by atoms with van der Waals surface area (Å²) in [6.45, 7) is 2.24. The van der Waals surface area contributed by atoms with Crippen molar-refractivity contribution in [3.05, 3.63) is 29.8 Å². The van der Waals surface area contributed by atoms with Gasteiger partial charge in [0.1, 0.15) is 5.75 Å². The smallest absolute Gasteiger partial charge is 0.263 e. The Morgan fingerprint density at radius 1 is 1.61 bits per heavy atom. The normalized spacial score (nSPS) is 18.4. The van der Waals surface area contributed by atoms with Gasteiger partial charge >= 0.3 is 0 Å². The minimum Gasteiger partial charge on any atom is -0.480 e. The van der Waals surface area contributed by atoms with E-state index in [9.17, 15) is 4.79 Å². The zero-order valence-electron chi connectivity index (χ0n) is 10.6. The van der Waals surface area contributed by atoms with Crippen molar-refractivity contribution in [1.29, 1.82) is 5.26 Å². The molecular formula is C14H16N2O2. The number of likely N-dealkylation sites (N-methyl/N-ethyl adjacent to an activating group) is 1. The van der Waals surface area contributed by atoms with Gasteiger partial charge < -0.3 is 9.64 Å². The first kappa shape index (κ1) is 12.4. The Bertz CT molecular complexity index is 468. The third kappa shape index (κ3) is 2.45. The van der Waals surface area contributed by atoms with Crippen molar-refractivity contribution in [3.8, 4) is 11.8 Å². The molecule has 0 saturated heterocycles. The summed E-state index contributed by atoms with van der Waals surface area (Å²) in [7, 11) is 1.71. The first-order valence-corrected chi connectivity index (χ1v) is 6.01. The monoisotopic (exact) mass is 244 g/mol. The van der Waals surface area contributed by atoms with E-state index in [4.69, 9.17) is 10.00 Å². The van der Waals surface area contributed by atoms with Crippen molar-refractivity contribution in [3.63, 3.8) is 0 Å². The van der Waals surface area contributed by atoms with E-state index in [1.165, 1.54) is 0 Å². The van der Waals surface area contributed by atoms with E-state index < -0.39 is 6.10 Å². The minimum atomic E-state index is -0.446. The van der Waals surface area contributed by atoms with Crippen LogP contribution in [0.4, 0.5) is 0 Å². The van der Waals surface area contributed by atoms with Gasteiger partial charge in [0.25, 0.3) is 5.91 Å². The standard InChI is InChI=1S/C14H16N2O2/c1-10(8-15)9-16(2)14(17)13-7-11-5-3-4-6-12(11)18-13/h3-6,10,13H,7,9H2,1-2H3. The van der Waals surface area contributed by atoms with Gasteiger partial charge in [-0.15, -0.1) is 0 Å². The predicted octanol–water partition coefficient (Wildman–Crippen LogP) is 1.61. The molecule has 0 fully saturated rings. The molecule has 0 spiro atoms. The second-order valence-electron chi connectivity index (χ2n) is 4.67. The van der Waals surface area contributed by atoms with E-state index in [2.05, 4.69) is 6.07 Å². The number of carbonyl (C=O) groups is 1. The van der Waals surface area contributed by atoms with E-state index in [0.29, 0.717) is 13.0 Å². The van der Waals surface area contributed by atoms with Gasteiger partial charge in [-0.3, -0.25) is 4.79 Å². The molecule has 0 saturated carbocycles. The van der Waals surface area contributed by atoms with E-state index in [1.807, 2.05) is 24.3 Å². The summed E-state index contributed by atoms with van der Waals surface area (Å²) in [6.07, 6.45) is 0.165. The molecule has 1 aromatic carbocycles. The van der Waals surface area contributed by atoms with Crippen LogP contribution in [0.15, 0.2) is 24.3 Å². The van der Waals surface area contributed by atoms with Crippen molar-refractivity contribution in [1.82, 2.24) is 4.90 Å². The minimum absolute atomic E-state index is 0.0618. The number of benzene rings is 1. The predicted molar refractivity (Wildman–Crippen MR) is 67.0 cm³/mol. The molecule has 0 aromatic heterocycles. The molecule has 2 atom stereocenters. The van der Waals surface area contributed by atoms with Crippen LogP contribution in [-0.4, -0.2) is 30.5 Å². The maximum absolute atomic E-state index is 12.2. The third-order valence-electron chi connectivity index (χ3n) is 3.07. The number of hydrogen-bond donors (Lipinski definition) is 0. The summed E-state index contributed by atoms with van der Waals surface area (Å²) in [6, 6.07) is 9.81. The number of amides is 1. The van der Waals surface area contributed by atoms with Crippen LogP contribution in [0.2, 0.25) is 0 Å². The molecule has 0 N–H and O–H groups in total. The highest BCUT2D eigenvalue weighted by molar-refractivity contribution is 5.82. The zero-order chi connectivity index (χ0) is 13.1. The van der Waals surface area contributed by atoms with Crippen LogP contribution < -0.4 is 4.74 Å². The summed E-state index contributed by atoms with van der Waals surface area (Å²) < 4.78 is 5.63. The highest BCUT2D eigenvalue weighted by atomic mass is 16.5. The molecule has 0 bridgehead atoms. The number of carbonyl (C=O) groups excluding carboxylic acids is 1. The van der Waals surface area contributed by atoms with E-state index >= 15 is 0 Å². The van der Waals surface area contributed by atoms with Crippen molar-refractivity contribution in [2.75, 3.05) is 13.6 Å². The lowest BCUT2D eigenvalue weighted by atomic mass is 10.1. The summed E-state index contributed by atoms with van der Waals surface area (Å²) in [5.74, 6) is 0.564. The Labute approximate surface area is 107 Å². The zero-order valence-corrected chi connectivity index (χ0v) is 10.6. The Morgan fingerprint density at radius 2 is 2.33 bits per heavy atom. The molecule has 2 rings (SSSR count). The van der Waals surface area contributed by atoms with Crippen molar-refractivity contribution >= 4 is 5.91 Å². The molecule has 1 aromatic rings. The van der Waals surface area contributed by atoms with Crippen LogP contribution in [0, 0.1) is 17.2 Å².